The second-order valence-electron chi connectivity index (χ2n) is 4.21. The average Bonchev–Trinajstić information content (AvgIpc) is 2.38. The Hall–Kier alpha value is -1.27. The molecule has 3 nitrogen and oxygen atoms in total. The molecule has 19 heavy (non-hydrogen) atoms. The highest BCUT2D eigenvalue weighted by atomic mass is 19.4. The number of anilines is 1. The minimum Gasteiger partial charge on any atom is -0.396 e. The van der Waals surface area contributed by atoms with Gasteiger partial charge in [0.05, 0.1) is 5.56 Å². The van der Waals surface area contributed by atoms with Crippen LogP contribution in [0.5, 0.6) is 0 Å². The molecule has 0 aromatic heterocycles. The second-order valence-corrected chi connectivity index (χ2v) is 4.21. The molecule has 0 amide bonds. The first-order valence-corrected chi connectivity index (χ1v) is 6.20. The molecule has 0 radical (unpaired) electrons. The summed E-state index contributed by atoms with van der Waals surface area (Å²) >= 11 is 0. The van der Waals surface area contributed by atoms with Crippen LogP contribution >= 0.6 is 0 Å². The summed E-state index contributed by atoms with van der Waals surface area (Å²) in [5.74, 6) is 0. The van der Waals surface area contributed by atoms with Gasteiger partial charge in [-0.25, -0.2) is 0 Å². The highest BCUT2D eigenvalue weighted by Crippen LogP contribution is 2.37. The maximum atomic E-state index is 13.1. The summed E-state index contributed by atoms with van der Waals surface area (Å²) in [5.41, 5.74) is 5.31. The van der Waals surface area contributed by atoms with E-state index in [0.29, 0.717) is 25.1 Å². The molecule has 3 N–H and O–H groups in total. The molecule has 1 aromatic rings. The quantitative estimate of drug-likeness (QED) is 0.838. The molecule has 1 aromatic carbocycles. The van der Waals surface area contributed by atoms with Crippen LogP contribution in [0.1, 0.15) is 24.5 Å². The Balaban J connectivity index is 3.17. The smallest absolute Gasteiger partial charge is 0.396 e. The maximum absolute atomic E-state index is 13.1. The van der Waals surface area contributed by atoms with E-state index >= 15 is 0 Å². The third-order valence-corrected chi connectivity index (χ3v) is 2.91. The van der Waals surface area contributed by atoms with E-state index in [-0.39, 0.29) is 18.8 Å². The molecule has 0 heterocycles. The molecule has 0 unspecified atom stereocenters. The van der Waals surface area contributed by atoms with E-state index in [9.17, 15) is 13.2 Å². The number of hydrogen-bond donors (Lipinski definition) is 2. The molecule has 1 rings (SSSR count). The first-order valence-electron chi connectivity index (χ1n) is 6.20. The number of aliphatic hydroxyl groups is 1. The molecule has 0 saturated heterocycles. The number of nitrogens with two attached hydrogens (primary N) is 1. The van der Waals surface area contributed by atoms with Gasteiger partial charge in [0, 0.05) is 31.9 Å². The lowest BCUT2D eigenvalue weighted by atomic mass is 10.1. The van der Waals surface area contributed by atoms with Gasteiger partial charge in [0.1, 0.15) is 0 Å². The van der Waals surface area contributed by atoms with Gasteiger partial charge in [0.2, 0.25) is 0 Å². The fourth-order valence-corrected chi connectivity index (χ4v) is 1.92. The van der Waals surface area contributed by atoms with E-state index in [1.54, 1.807) is 17.9 Å². The molecule has 0 spiro atoms. The topological polar surface area (TPSA) is 49.5 Å². The Morgan fingerprint density at radius 1 is 1.32 bits per heavy atom. The van der Waals surface area contributed by atoms with Crippen LogP contribution in [0.15, 0.2) is 18.2 Å². The zero-order chi connectivity index (χ0) is 14.5. The zero-order valence-corrected chi connectivity index (χ0v) is 10.9. The van der Waals surface area contributed by atoms with Crippen molar-refractivity contribution in [3.05, 3.63) is 29.3 Å². The molecule has 6 heteroatoms. The van der Waals surface area contributed by atoms with Crippen LogP contribution in [0.25, 0.3) is 0 Å². The lowest BCUT2D eigenvalue weighted by Gasteiger charge is -2.26. The zero-order valence-electron chi connectivity index (χ0n) is 10.9. The number of hydrogen-bond acceptors (Lipinski definition) is 3. The monoisotopic (exact) mass is 276 g/mol. The molecule has 0 aliphatic carbocycles. The normalized spacial score (nSPS) is 11.7. The average molecular weight is 276 g/mol. The van der Waals surface area contributed by atoms with Crippen LogP contribution in [-0.4, -0.2) is 24.8 Å². The number of nitrogens with zero attached hydrogens (tertiary/aromatic N) is 1. The van der Waals surface area contributed by atoms with Crippen molar-refractivity contribution in [3.8, 4) is 0 Å². The fraction of sp³-hybridized carbons (Fsp3) is 0.538. The van der Waals surface area contributed by atoms with Gasteiger partial charge in [-0.2, -0.15) is 13.2 Å². The second kappa shape index (κ2) is 6.77. The van der Waals surface area contributed by atoms with Crippen molar-refractivity contribution in [1.82, 2.24) is 0 Å². The van der Waals surface area contributed by atoms with Crippen molar-refractivity contribution in [2.45, 2.75) is 26.1 Å². The van der Waals surface area contributed by atoms with Crippen LogP contribution in [0, 0.1) is 0 Å². The molecule has 0 saturated carbocycles. The summed E-state index contributed by atoms with van der Waals surface area (Å²) in [5, 5.41) is 8.80. The van der Waals surface area contributed by atoms with Crippen molar-refractivity contribution in [2.75, 3.05) is 24.6 Å². The van der Waals surface area contributed by atoms with Gasteiger partial charge in [0.15, 0.2) is 0 Å². The molecule has 0 bridgehead atoms. The number of halogens is 3. The highest BCUT2D eigenvalue weighted by Gasteiger charge is 2.34. The molecule has 0 fully saturated rings. The van der Waals surface area contributed by atoms with E-state index < -0.39 is 11.7 Å². The van der Waals surface area contributed by atoms with Gasteiger partial charge in [-0.1, -0.05) is 6.07 Å². The van der Waals surface area contributed by atoms with Crippen LogP contribution in [0.4, 0.5) is 18.9 Å². The molecule has 0 atom stereocenters. The van der Waals surface area contributed by atoms with Gasteiger partial charge in [-0.15, -0.1) is 0 Å². The predicted octanol–water partition coefficient (Wildman–Crippen LogP) is 2.37. The van der Waals surface area contributed by atoms with Gasteiger partial charge in [-0.05, 0) is 31.0 Å². The van der Waals surface area contributed by atoms with E-state index in [2.05, 4.69) is 0 Å². The molecule has 108 valence electrons. The minimum absolute atomic E-state index is 0.0429. The van der Waals surface area contributed by atoms with Gasteiger partial charge in [-0.3, -0.25) is 0 Å². The van der Waals surface area contributed by atoms with Crippen molar-refractivity contribution in [1.29, 1.82) is 0 Å². The number of benzene rings is 1. The lowest BCUT2D eigenvalue weighted by Crippen LogP contribution is -2.27. The Bertz CT molecular complexity index is 407. The van der Waals surface area contributed by atoms with Crippen molar-refractivity contribution < 1.29 is 18.3 Å². The van der Waals surface area contributed by atoms with E-state index in [0.717, 1.165) is 6.07 Å². The first-order chi connectivity index (χ1) is 8.93. The summed E-state index contributed by atoms with van der Waals surface area (Å²) in [6.07, 6.45) is -3.98. The summed E-state index contributed by atoms with van der Waals surface area (Å²) in [7, 11) is 0. The molecular weight excluding hydrogens is 257 g/mol. The summed E-state index contributed by atoms with van der Waals surface area (Å²) in [6.45, 7) is 2.66. The van der Waals surface area contributed by atoms with E-state index in [4.69, 9.17) is 10.8 Å². The standard InChI is InChI=1S/C13H19F3N2O/c1-2-18(6-3-7-19)12-5-4-10(9-17)8-11(12)13(14,15)16/h4-5,8,19H,2-3,6-7,9,17H2,1H3. The lowest BCUT2D eigenvalue weighted by molar-refractivity contribution is -0.137. The number of aliphatic hydroxyl groups excluding tert-OH is 1. The maximum Gasteiger partial charge on any atom is 0.418 e. The summed E-state index contributed by atoms with van der Waals surface area (Å²) < 4.78 is 39.2. The third-order valence-electron chi connectivity index (χ3n) is 2.91. The van der Waals surface area contributed by atoms with Crippen LogP contribution in [-0.2, 0) is 12.7 Å². The molecule has 0 aliphatic rings. The molecule has 0 aliphatic heterocycles. The Morgan fingerprint density at radius 3 is 2.47 bits per heavy atom. The third kappa shape index (κ3) is 4.11. The van der Waals surface area contributed by atoms with Crippen LogP contribution < -0.4 is 10.6 Å². The largest absolute Gasteiger partial charge is 0.418 e. The van der Waals surface area contributed by atoms with Crippen molar-refractivity contribution >= 4 is 5.69 Å². The Kier molecular flexibility index (Phi) is 5.62. The minimum atomic E-state index is -4.41. The SMILES string of the molecule is CCN(CCCO)c1ccc(CN)cc1C(F)(F)F. The summed E-state index contributed by atoms with van der Waals surface area (Å²) in [6, 6.07) is 4.15. The van der Waals surface area contributed by atoms with Gasteiger partial charge >= 0.3 is 6.18 Å². The van der Waals surface area contributed by atoms with Crippen molar-refractivity contribution in [3.63, 3.8) is 0 Å². The first kappa shape index (κ1) is 15.8. The van der Waals surface area contributed by atoms with Gasteiger partial charge in [0.25, 0.3) is 0 Å². The van der Waals surface area contributed by atoms with E-state index in [1.165, 1.54) is 6.07 Å². The molecular formula is C13H19F3N2O. The van der Waals surface area contributed by atoms with Crippen LogP contribution in [0.3, 0.4) is 0 Å². The van der Waals surface area contributed by atoms with E-state index in [1.807, 2.05) is 0 Å². The Morgan fingerprint density at radius 2 is 2.00 bits per heavy atom. The summed E-state index contributed by atoms with van der Waals surface area (Å²) in [4.78, 5) is 1.61. The highest BCUT2D eigenvalue weighted by molar-refractivity contribution is 5.56. The number of alkyl halides is 3. The van der Waals surface area contributed by atoms with Gasteiger partial charge < -0.3 is 15.7 Å². The predicted molar refractivity (Wildman–Crippen MR) is 68.9 cm³/mol. The van der Waals surface area contributed by atoms with Crippen molar-refractivity contribution in [2.24, 2.45) is 5.73 Å². The number of rotatable bonds is 6. The fourth-order valence-electron chi connectivity index (χ4n) is 1.92. The Labute approximate surface area is 110 Å². The van der Waals surface area contributed by atoms with Crippen LogP contribution in [0.2, 0.25) is 0 Å².